The van der Waals surface area contributed by atoms with Crippen LogP contribution in [0, 0.1) is 12.8 Å². The van der Waals surface area contributed by atoms with Crippen LogP contribution in [0.1, 0.15) is 27.2 Å². The van der Waals surface area contributed by atoms with Gasteiger partial charge in [-0.05, 0) is 19.3 Å². The molecule has 79 valence electrons. The van der Waals surface area contributed by atoms with E-state index in [1.165, 1.54) is 4.31 Å². The van der Waals surface area contributed by atoms with Gasteiger partial charge in [-0.2, -0.15) is 0 Å². The minimum Gasteiger partial charge on any atom is -0.212 e. The summed E-state index contributed by atoms with van der Waals surface area (Å²) in [4.78, 5) is 0. The van der Waals surface area contributed by atoms with Crippen LogP contribution in [-0.2, 0) is 10.0 Å². The van der Waals surface area contributed by atoms with Gasteiger partial charge in [-0.15, -0.1) is 0 Å². The van der Waals surface area contributed by atoms with Crippen LogP contribution in [-0.4, -0.2) is 31.6 Å². The van der Waals surface area contributed by atoms with Crippen LogP contribution in [0.4, 0.5) is 0 Å². The third-order valence-corrected chi connectivity index (χ3v) is 3.72. The maximum absolute atomic E-state index is 11.6. The third kappa shape index (κ3) is 4.62. The molecule has 0 N–H and O–H groups in total. The summed E-state index contributed by atoms with van der Waals surface area (Å²) >= 11 is 0. The van der Waals surface area contributed by atoms with Crippen molar-refractivity contribution in [3.63, 3.8) is 0 Å². The van der Waals surface area contributed by atoms with Gasteiger partial charge in [0.05, 0.1) is 5.75 Å². The minimum atomic E-state index is -3.05. The normalized spacial score (nSPS) is 12.8. The first kappa shape index (κ1) is 12.9. The molecular weight excluding hydrogens is 186 g/mol. The summed E-state index contributed by atoms with van der Waals surface area (Å²) < 4.78 is 24.6. The second-order valence-electron chi connectivity index (χ2n) is 3.57. The van der Waals surface area contributed by atoms with E-state index in [0.717, 1.165) is 0 Å². The van der Waals surface area contributed by atoms with E-state index in [9.17, 15) is 8.42 Å². The maximum atomic E-state index is 11.6. The van der Waals surface area contributed by atoms with Crippen molar-refractivity contribution < 1.29 is 8.42 Å². The van der Waals surface area contributed by atoms with Crippen LogP contribution >= 0.6 is 0 Å². The molecule has 13 heavy (non-hydrogen) atoms. The second kappa shape index (κ2) is 5.60. The summed E-state index contributed by atoms with van der Waals surface area (Å²) in [5, 5.41) is 0. The predicted molar refractivity (Wildman–Crippen MR) is 55.8 cm³/mol. The van der Waals surface area contributed by atoms with Crippen molar-refractivity contribution in [1.29, 1.82) is 0 Å². The zero-order chi connectivity index (χ0) is 10.5. The van der Waals surface area contributed by atoms with Crippen LogP contribution in [0.3, 0.4) is 0 Å². The molecule has 0 saturated carbocycles. The fraction of sp³-hybridized carbons (Fsp3) is 0.889. The van der Waals surface area contributed by atoms with Gasteiger partial charge in [-0.3, -0.25) is 0 Å². The van der Waals surface area contributed by atoms with Gasteiger partial charge in [0.1, 0.15) is 0 Å². The summed E-state index contributed by atoms with van der Waals surface area (Å²) in [5.74, 6) is 0.586. The highest BCUT2D eigenvalue weighted by Crippen LogP contribution is 2.06. The summed E-state index contributed by atoms with van der Waals surface area (Å²) in [6.45, 7) is 10.4. The molecule has 0 amide bonds. The van der Waals surface area contributed by atoms with E-state index in [1.807, 2.05) is 20.8 Å². The molecule has 0 unspecified atom stereocenters. The van der Waals surface area contributed by atoms with Crippen molar-refractivity contribution in [3.05, 3.63) is 6.92 Å². The van der Waals surface area contributed by atoms with Gasteiger partial charge in [0.25, 0.3) is 0 Å². The minimum absolute atomic E-state index is 0.231. The number of nitrogens with zero attached hydrogens (tertiary/aromatic N) is 1. The summed E-state index contributed by atoms with van der Waals surface area (Å²) in [6, 6.07) is 0. The van der Waals surface area contributed by atoms with Crippen molar-refractivity contribution >= 4 is 10.0 Å². The Morgan fingerprint density at radius 1 is 1.38 bits per heavy atom. The standard InChI is InChI=1S/C9H20NO2S/c1-5-7-13(11,12)10(6-2)8-9(3)4/h9H,2,5-8H2,1,3-4H3. The first-order valence-electron chi connectivity index (χ1n) is 4.71. The summed E-state index contributed by atoms with van der Waals surface area (Å²) in [7, 11) is -3.05. The Labute approximate surface area is 82.2 Å². The molecule has 0 aliphatic heterocycles. The van der Waals surface area contributed by atoms with Crippen LogP contribution < -0.4 is 0 Å². The zero-order valence-electron chi connectivity index (χ0n) is 8.78. The lowest BCUT2D eigenvalue weighted by atomic mass is 10.2. The third-order valence-electron chi connectivity index (χ3n) is 1.67. The highest BCUT2D eigenvalue weighted by molar-refractivity contribution is 7.89. The Hall–Kier alpha value is -0.0900. The van der Waals surface area contributed by atoms with Gasteiger partial charge in [0.2, 0.25) is 10.0 Å². The van der Waals surface area contributed by atoms with Crippen molar-refractivity contribution in [2.24, 2.45) is 5.92 Å². The quantitative estimate of drug-likeness (QED) is 0.660. The molecule has 1 radical (unpaired) electrons. The van der Waals surface area contributed by atoms with Gasteiger partial charge in [0.15, 0.2) is 0 Å². The Kier molecular flexibility index (Phi) is 5.56. The molecule has 0 aromatic heterocycles. The smallest absolute Gasteiger partial charge is 0.212 e. The lowest BCUT2D eigenvalue weighted by molar-refractivity contribution is 0.392. The van der Waals surface area contributed by atoms with E-state index in [1.54, 1.807) is 0 Å². The molecule has 0 saturated heterocycles. The maximum Gasteiger partial charge on any atom is 0.214 e. The molecule has 0 aromatic carbocycles. The Balaban J connectivity index is 4.38. The van der Waals surface area contributed by atoms with Crippen molar-refractivity contribution in [1.82, 2.24) is 4.31 Å². The molecule has 3 nitrogen and oxygen atoms in total. The number of sulfonamides is 1. The molecule has 0 spiro atoms. The SMILES string of the molecule is [CH2]CN(CC(C)C)S(=O)(=O)CCC. The van der Waals surface area contributed by atoms with Crippen molar-refractivity contribution in [3.8, 4) is 0 Å². The fourth-order valence-electron chi connectivity index (χ4n) is 1.14. The molecule has 0 rings (SSSR count). The topological polar surface area (TPSA) is 37.4 Å². The molecule has 0 aromatic rings. The van der Waals surface area contributed by atoms with Gasteiger partial charge in [-0.25, -0.2) is 12.7 Å². The predicted octanol–water partition coefficient (Wildman–Crippen LogP) is 1.52. The number of hydrogen-bond acceptors (Lipinski definition) is 2. The van der Waals surface area contributed by atoms with E-state index in [-0.39, 0.29) is 5.75 Å². The molecule has 0 fully saturated rings. The van der Waals surface area contributed by atoms with Gasteiger partial charge in [-0.1, -0.05) is 20.8 Å². The van der Waals surface area contributed by atoms with Gasteiger partial charge in [0, 0.05) is 13.1 Å². The molecule has 0 aliphatic rings. The first-order chi connectivity index (χ1) is 5.94. The molecule has 0 atom stereocenters. The van der Waals surface area contributed by atoms with E-state index in [4.69, 9.17) is 0 Å². The fourth-order valence-corrected chi connectivity index (χ4v) is 2.72. The van der Waals surface area contributed by atoms with E-state index < -0.39 is 10.0 Å². The van der Waals surface area contributed by atoms with Gasteiger partial charge < -0.3 is 0 Å². The monoisotopic (exact) mass is 206 g/mol. The van der Waals surface area contributed by atoms with Crippen LogP contribution in [0.25, 0.3) is 0 Å². The van der Waals surface area contributed by atoms with Gasteiger partial charge >= 0.3 is 0 Å². The van der Waals surface area contributed by atoms with Crippen LogP contribution in [0.5, 0.6) is 0 Å². The van der Waals surface area contributed by atoms with Crippen LogP contribution in [0.2, 0.25) is 0 Å². The largest absolute Gasteiger partial charge is 0.214 e. The number of hydrogen-bond donors (Lipinski definition) is 0. The molecule has 0 aliphatic carbocycles. The highest BCUT2D eigenvalue weighted by Gasteiger charge is 2.19. The van der Waals surface area contributed by atoms with Crippen LogP contribution in [0.15, 0.2) is 0 Å². The van der Waals surface area contributed by atoms with Crippen molar-refractivity contribution in [2.75, 3.05) is 18.8 Å². The average molecular weight is 206 g/mol. The zero-order valence-corrected chi connectivity index (χ0v) is 9.60. The van der Waals surface area contributed by atoms with Crippen molar-refractivity contribution in [2.45, 2.75) is 27.2 Å². The van der Waals surface area contributed by atoms with E-state index in [2.05, 4.69) is 6.92 Å². The lowest BCUT2D eigenvalue weighted by Crippen LogP contribution is -2.35. The average Bonchev–Trinajstić information content (AvgIpc) is 1.99. The molecule has 4 heteroatoms. The Bertz CT molecular complexity index is 222. The molecule has 0 bridgehead atoms. The lowest BCUT2D eigenvalue weighted by Gasteiger charge is -2.21. The Morgan fingerprint density at radius 3 is 2.23 bits per heavy atom. The van der Waals surface area contributed by atoms with E-state index in [0.29, 0.717) is 25.4 Å². The molecule has 0 heterocycles. The summed E-state index contributed by atoms with van der Waals surface area (Å²) in [5.41, 5.74) is 0. The summed E-state index contributed by atoms with van der Waals surface area (Å²) in [6.07, 6.45) is 0.664. The van der Waals surface area contributed by atoms with E-state index >= 15 is 0 Å². The highest BCUT2D eigenvalue weighted by atomic mass is 32.2. The Morgan fingerprint density at radius 2 is 1.92 bits per heavy atom. The molecular formula is C9H20NO2S. The number of rotatable bonds is 6. The first-order valence-corrected chi connectivity index (χ1v) is 6.32. The second-order valence-corrected chi connectivity index (χ2v) is 5.66.